The zero-order chi connectivity index (χ0) is 32.1. The molecule has 0 saturated heterocycles. The zero-order valence-corrected chi connectivity index (χ0v) is 22.4. The van der Waals surface area contributed by atoms with E-state index < -0.39 is 52.0 Å². The van der Waals surface area contributed by atoms with Crippen molar-refractivity contribution >= 4 is 23.2 Å². The molecule has 0 bridgehead atoms. The highest BCUT2D eigenvalue weighted by Crippen LogP contribution is 2.36. The lowest BCUT2D eigenvalue weighted by Crippen LogP contribution is -2.18. The Hall–Kier alpha value is -5.05. The maximum absolute atomic E-state index is 13.4. The number of aromatic nitrogens is 5. The quantitative estimate of drug-likeness (QED) is 0.201. The summed E-state index contributed by atoms with van der Waals surface area (Å²) < 4.78 is 104. The Morgan fingerprint density at radius 2 is 1.23 bits per heavy atom. The maximum atomic E-state index is 13.4. The predicted molar refractivity (Wildman–Crippen MR) is 142 cm³/mol. The van der Waals surface area contributed by atoms with Gasteiger partial charge in [-0.3, -0.25) is 19.7 Å². The minimum absolute atomic E-state index is 0.0428. The third kappa shape index (κ3) is 8.06. The summed E-state index contributed by atoms with van der Waals surface area (Å²) in [7, 11) is 0. The van der Waals surface area contributed by atoms with Crippen LogP contribution in [0.3, 0.4) is 0 Å². The molecule has 1 amide bonds. The van der Waals surface area contributed by atoms with Crippen molar-refractivity contribution in [2.24, 2.45) is 0 Å². The van der Waals surface area contributed by atoms with Crippen LogP contribution in [0, 0.1) is 11.6 Å². The second kappa shape index (κ2) is 13.1. The number of hydrogen-bond acceptors (Lipinski definition) is 6. The molecule has 5 aromatic heterocycles. The highest BCUT2D eigenvalue weighted by Gasteiger charge is 2.37. The summed E-state index contributed by atoms with van der Waals surface area (Å²) in [6, 6.07) is 9.60. The number of carbonyl (C=O) groups excluding carboxylic acids is 1. The summed E-state index contributed by atoms with van der Waals surface area (Å²) in [5.74, 6) is -2.12. The van der Waals surface area contributed by atoms with E-state index in [1.54, 1.807) is 0 Å². The standard InChI is InChI=1S/C17H10F4N4O.C11H5ClF4N2/c18-12-6-11(8-23-9-12)13-3-4-14(15(24-13)17(19,20)21)25-16(26)10-2-1-5-22-7-10;12-8-1-2-9(18-10(8)11(14,15)16)6-3-7(13)5-17-4-6/h1-9H,(H,25,26);1-5H. The van der Waals surface area contributed by atoms with Gasteiger partial charge in [-0.2, -0.15) is 26.3 Å². The van der Waals surface area contributed by atoms with Crippen molar-refractivity contribution in [1.82, 2.24) is 24.9 Å². The number of carbonyl (C=O) groups is 1. The van der Waals surface area contributed by atoms with Gasteiger partial charge in [-0.15, -0.1) is 0 Å². The number of nitrogens with one attached hydrogen (secondary N) is 1. The van der Waals surface area contributed by atoms with Crippen LogP contribution in [0.25, 0.3) is 22.5 Å². The molecule has 44 heavy (non-hydrogen) atoms. The van der Waals surface area contributed by atoms with Gasteiger partial charge in [0.05, 0.1) is 40.1 Å². The van der Waals surface area contributed by atoms with Crippen LogP contribution in [0.2, 0.25) is 5.02 Å². The minimum atomic E-state index is -4.83. The van der Waals surface area contributed by atoms with Gasteiger partial charge in [-0.05, 0) is 48.5 Å². The first-order valence-electron chi connectivity index (χ1n) is 12.0. The van der Waals surface area contributed by atoms with Gasteiger partial charge < -0.3 is 5.32 Å². The largest absolute Gasteiger partial charge is 0.435 e. The van der Waals surface area contributed by atoms with Crippen molar-refractivity contribution in [2.45, 2.75) is 12.4 Å². The summed E-state index contributed by atoms with van der Waals surface area (Å²) in [6.07, 6.45) is -2.54. The highest BCUT2D eigenvalue weighted by atomic mass is 35.5. The first kappa shape index (κ1) is 31.9. The summed E-state index contributed by atoms with van der Waals surface area (Å²) >= 11 is 5.43. The Morgan fingerprint density at radius 3 is 1.73 bits per heavy atom. The third-order valence-corrected chi connectivity index (χ3v) is 5.76. The predicted octanol–water partition coefficient (Wildman–Crippen LogP) is 7.90. The van der Waals surface area contributed by atoms with Crippen molar-refractivity contribution < 1.29 is 39.9 Å². The number of alkyl halides is 6. The van der Waals surface area contributed by atoms with Gasteiger partial charge in [0.25, 0.3) is 5.91 Å². The lowest BCUT2D eigenvalue weighted by atomic mass is 10.1. The van der Waals surface area contributed by atoms with Crippen LogP contribution >= 0.6 is 11.6 Å². The molecule has 0 aromatic carbocycles. The van der Waals surface area contributed by atoms with E-state index in [0.717, 1.165) is 36.7 Å². The molecular weight excluding hydrogens is 624 g/mol. The van der Waals surface area contributed by atoms with E-state index in [0.29, 0.717) is 0 Å². The highest BCUT2D eigenvalue weighted by molar-refractivity contribution is 6.31. The smallest absolute Gasteiger partial charge is 0.320 e. The Kier molecular flexibility index (Phi) is 9.47. The van der Waals surface area contributed by atoms with Crippen LogP contribution in [-0.4, -0.2) is 30.8 Å². The number of hydrogen-bond donors (Lipinski definition) is 1. The van der Waals surface area contributed by atoms with E-state index in [-0.39, 0.29) is 28.1 Å². The van der Waals surface area contributed by atoms with Crippen LogP contribution in [0.4, 0.5) is 40.8 Å². The molecule has 0 unspecified atom stereocenters. The molecule has 5 aromatic rings. The molecule has 0 saturated carbocycles. The zero-order valence-electron chi connectivity index (χ0n) is 21.6. The van der Waals surface area contributed by atoms with Crippen molar-refractivity contribution in [3.05, 3.63) is 119 Å². The Labute approximate surface area is 247 Å². The number of amides is 1. The van der Waals surface area contributed by atoms with E-state index >= 15 is 0 Å². The van der Waals surface area contributed by atoms with Gasteiger partial charge in [-0.1, -0.05) is 11.6 Å². The number of rotatable bonds is 4. The lowest BCUT2D eigenvalue weighted by Gasteiger charge is -2.14. The van der Waals surface area contributed by atoms with E-state index in [4.69, 9.17) is 11.6 Å². The van der Waals surface area contributed by atoms with Gasteiger partial charge in [0.2, 0.25) is 0 Å². The average molecular weight is 639 g/mol. The van der Waals surface area contributed by atoms with E-state index in [9.17, 15) is 39.9 Å². The van der Waals surface area contributed by atoms with E-state index in [2.05, 4.69) is 30.2 Å². The Balaban J connectivity index is 0.000000215. The number of pyridine rings is 5. The summed E-state index contributed by atoms with van der Waals surface area (Å²) in [5, 5.41) is 1.67. The summed E-state index contributed by atoms with van der Waals surface area (Å²) in [5.41, 5.74) is -2.85. The molecule has 0 aliphatic heterocycles. The molecule has 0 atom stereocenters. The molecule has 5 rings (SSSR count). The van der Waals surface area contributed by atoms with Crippen molar-refractivity contribution in [2.75, 3.05) is 5.32 Å². The van der Waals surface area contributed by atoms with Crippen molar-refractivity contribution in [3.8, 4) is 22.5 Å². The fourth-order valence-corrected chi connectivity index (χ4v) is 3.75. The second-order valence-electron chi connectivity index (χ2n) is 8.59. The first-order chi connectivity index (χ1) is 20.7. The number of halogens is 9. The first-order valence-corrected chi connectivity index (χ1v) is 12.4. The number of anilines is 1. The van der Waals surface area contributed by atoms with Gasteiger partial charge in [-0.25, -0.2) is 18.7 Å². The average Bonchev–Trinajstić information content (AvgIpc) is 2.97. The SMILES string of the molecule is Fc1cncc(-c2ccc(Cl)c(C(F)(F)F)n2)c1.O=C(Nc1ccc(-c2cncc(F)c2)nc1C(F)(F)F)c1cccnc1. The molecule has 0 fully saturated rings. The summed E-state index contributed by atoms with van der Waals surface area (Å²) in [4.78, 5) is 29.9. The van der Waals surface area contributed by atoms with Crippen LogP contribution in [0.15, 0.2) is 85.7 Å². The van der Waals surface area contributed by atoms with Gasteiger partial charge in [0.1, 0.15) is 11.6 Å². The molecule has 7 nitrogen and oxygen atoms in total. The second-order valence-corrected chi connectivity index (χ2v) is 9.00. The molecule has 16 heteroatoms. The summed E-state index contributed by atoms with van der Waals surface area (Å²) in [6.45, 7) is 0. The molecule has 226 valence electrons. The van der Waals surface area contributed by atoms with Crippen LogP contribution in [0.5, 0.6) is 0 Å². The molecule has 1 N–H and O–H groups in total. The third-order valence-electron chi connectivity index (χ3n) is 5.45. The fourth-order valence-electron chi connectivity index (χ4n) is 3.53. The van der Waals surface area contributed by atoms with Gasteiger partial charge in [0.15, 0.2) is 11.4 Å². The van der Waals surface area contributed by atoms with Crippen molar-refractivity contribution in [1.29, 1.82) is 0 Å². The van der Waals surface area contributed by atoms with E-state index in [1.165, 1.54) is 49.1 Å². The van der Waals surface area contributed by atoms with Crippen LogP contribution in [-0.2, 0) is 12.4 Å². The Bertz CT molecular complexity index is 1780. The monoisotopic (exact) mass is 638 g/mol. The molecule has 5 heterocycles. The topological polar surface area (TPSA) is 93.6 Å². The Morgan fingerprint density at radius 1 is 0.682 bits per heavy atom. The van der Waals surface area contributed by atoms with Crippen LogP contribution in [0.1, 0.15) is 21.7 Å². The van der Waals surface area contributed by atoms with Gasteiger partial charge in [0, 0.05) is 35.9 Å². The maximum Gasteiger partial charge on any atom is 0.435 e. The lowest BCUT2D eigenvalue weighted by molar-refractivity contribution is -0.141. The fraction of sp³-hybridized carbons (Fsp3) is 0.0714. The normalized spacial score (nSPS) is 11.4. The van der Waals surface area contributed by atoms with Crippen molar-refractivity contribution in [3.63, 3.8) is 0 Å². The molecule has 0 radical (unpaired) electrons. The van der Waals surface area contributed by atoms with Crippen LogP contribution < -0.4 is 5.32 Å². The number of nitrogens with zero attached hydrogens (tertiary/aromatic N) is 5. The molecule has 0 aliphatic rings. The molecule has 0 spiro atoms. The van der Waals surface area contributed by atoms with Gasteiger partial charge >= 0.3 is 12.4 Å². The minimum Gasteiger partial charge on any atom is -0.320 e. The molecular formula is C28H15ClF8N6O. The van der Waals surface area contributed by atoms with E-state index in [1.807, 2.05) is 0 Å². The molecule has 0 aliphatic carbocycles.